The Morgan fingerprint density at radius 1 is 0.962 bits per heavy atom. The summed E-state index contributed by atoms with van der Waals surface area (Å²) in [4.78, 5) is 0. The van der Waals surface area contributed by atoms with Crippen molar-refractivity contribution in [1.82, 2.24) is 9.61 Å². The Labute approximate surface area is 157 Å². The van der Waals surface area contributed by atoms with Gasteiger partial charge in [0.05, 0.1) is 23.5 Å². The van der Waals surface area contributed by atoms with Crippen LogP contribution in [0.25, 0.3) is 27.9 Å². The summed E-state index contributed by atoms with van der Waals surface area (Å²) in [5.74, 6) is 0.869. The number of hydrogen-bond acceptors (Lipinski definition) is 2. The van der Waals surface area contributed by atoms with E-state index in [0.717, 1.165) is 39.3 Å². The van der Waals surface area contributed by atoms with Crippen LogP contribution in [0.5, 0.6) is 5.75 Å². The highest BCUT2D eigenvalue weighted by molar-refractivity contribution is 6.31. The first-order valence-electron chi connectivity index (χ1n) is 8.65. The van der Waals surface area contributed by atoms with Crippen molar-refractivity contribution in [3.05, 3.63) is 77.4 Å². The molecule has 3 nitrogen and oxygen atoms in total. The summed E-state index contributed by atoms with van der Waals surface area (Å²) in [5.41, 5.74) is 6.22. The Morgan fingerprint density at radius 3 is 2.38 bits per heavy atom. The van der Waals surface area contributed by atoms with E-state index < -0.39 is 0 Å². The lowest BCUT2D eigenvalue weighted by molar-refractivity contribution is 0.340. The number of hydrogen-bond donors (Lipinski definition) is 0. The molecule has 0 bridgehead atoms. The molecule has 0 aliphatic rings. The van der Waals surface area contributed by atoms with E-state index in [1.165, 1.54) is 0 Å². The van der Waals surface area contributed by atoms with Crippen molar-refractivity contribution in [3.8, 4) is 28.1 Å². The summed E-state index contributed by atoms with van der Waals surface area (Å²) >= 11 is 6.45. The predicted octanol–water partition coefficient (Wildman–Crippen LogP) is 6.03. The molecule has 130 valence electrons. The Balaban J connectivity index is 1.91. The van der Waals surface area contributed by atoms with E-state index >= 15 is 0 Å². The molecule has 0 amide bonds. The molecule has 0 fully saturated rings. The number of ether oxygens (including phenoxy) is 1. The van der Waals surface area contributed by atoms with E-state index in [1.54, 1.807) is 0 Å². The van der Waals surface area contributed by atoms with Gasteiger partial charge in [0.25, 0.3) is 0 Å². The number of fused-ring (bicyclic) bond motifs is 1. The molecule has 0 saturated carbocycles. The number of halogens is 1. The molecule has 4 heteroatoms. The van der Waals surface area contributed by atoms with E-state index in [0.29, 0.717) is 11.6 Å². The van der Waals surface area contributed by atoms with Gasteiger partial charge in [0, 0.05) is 16.1 Å². The first kappa shape index (κ1) is 16.7. The Hall–Kier alpha value is -2.78. The zero-order valence-corrected chi connectivity index (χ0v) is 15.5. The quantitative estimate of drug-likeness (QED) is 0.443. The second-order valence-electron chi connectivity index (χ2n) is 6.14. The minimum Gasteiger partial charge on any atom is -0.494 e. The van der Waals surface area contributed by atoms with Crippen LogP contribution in [0.3, 0.4) is 0 Å². The van der Waals surface area contributed by atoms with Crippen molar-refractivity contribution < 1.29 is 4.74 Å². The van der Waals surface area contributed by atoms with Gasteiger partial charge in [0.15, 0.2) is 0 Å². The second kappa shape index (κ2) is 6.85. The van der Waals surface area contributed by atoms with Crippen LogP contribution in [0, 0.1) is 6.92 Å². The Bertz CT molecular complexity index is 1050. The molecule has 26 heavy (non-hydrogen) atoms. The standard InChI is InChI=1S/C22H19ClN2O/c1-3-26-19-11-9-17(10-12-19)22-15(2)24-25-20(13-18(23)14-21(22)25)16-7-5-4-6-8-16/h4-14H,3H2,1-2H3. The highest BCUT2D eigenvalue weighted by Crippen LogP contribution is 2.34. The SMILES string of the molecule is CCOc1ccc(-c2c(C)nn3c(-c4ccccc4)cc(Cl)cc23)cc1. The van der Waals surface area contributed by atoms with Gasteiger partial charge in [0.2, 0.25) is 0 Å². The van der Waals surface area contributed by atoms with Gasteiger partial charge in [-0.05, 0) is 43.7 Å². The highest BCUT2D eigenvalue weighted by atomic mass is 35.5. The summed E-state index contributed by atoms with van der Waals surface area (Å²) in [6.07, 6.45) is 0. The first-order valence-corrected chi connectivity index (χ1v) is 9.02. The fourth-order valence-electron chi connectivity index (χ4n) is 3.28. The van der Waals surface area contributed by atoms with Crippen molar-refractivity contribution in [1.29, 1.82) is 0 Å². The van der Waals surface area contributed by atoms with Crippen molar-refractivity contribution in [3.63, 3.8) is 0 Å². The maximum Gasteiger partial charge on any atom is 0.119 e. The minimum absolute atomic E-state index is 0.658. The summed E-state index contributed by atoms with van der Waals surface area (Å²) in [6, 6.07) is 22.2. The number of aromatic nitrogens is 2. The normalized spacial score (nSPS) is 11.0. The molecule has 0 unspecified atom stereocenters. The number of benzene rings is 2. The van der Waals surface area contributed by atoms with Crippen molar-refractivity contribution in [2.75, 3.05) is 6.61 Å². The predicted molar refractivity (Wildman–Crippen MR) is 107 cm³/mol. The van der Waals surface area contributed by atoms with Crippen LogP contribution in [-0.4, -0.2) is 16.2 Å². The lowest BCUT2D eigenvalue weighted by atomic mass is 10.0. The zero-order chi connectivity index (χ0) is 18.1. The molecule has 0 aliphatic heterocycles. The smallest absolute Gasteiger partial charge is 0.119 e. The van der Waals surface area contributed by atoms with E-state index in [2.05, 4.69) is 24.3 Å². The maximum atomic E-state index is 6.45. The van der Waals surface area contributed by atoms with E-state index in [-0.39, 0.29) is 0 Å². The Morgan fingerprint density at radius 2 is 1.69 bits per heavy atom. The van der Waals surface area contributed by atoms with Crippen molar-refractivity contribution in [2.24, 2.45) is 0 Å². The van der Waals surface area contributed by atoms with Crippen LogP contribution in [0.15, 0.2) is 66.7 Å². The van der Waals surface area contributed by atoms with Gasteiger partial charge in [-0.1, -0.05) is 54.1 Å². The van der Waals surface area contributed by atoms with Crippen LogP contribution >= 0.6 is 11.6 Å². The lowest BCUT2D eigenvalue weighted by Crippen LogP contribution is -1.94. The van der Waals surface area contributed by atoms with Gasteiger partial charge in [-0.3, -0.25) is 0 Å². The number of aryl methyl sites for hydroxylation is 1. The molecular weight excluding hydrogens is 344 g/mol. The average molecular weight is 363 g/mol. The third-order valence-electron chi connectivity index (χ3n) is 4.40. The van der Waals surface area contributed by atoms with Crippen molar-refractivity contribution in [2.45, 2.75) is 13.8 Å². The van der Waals surface area contributed by atoms with E-state index in [9.17, 15) is 0 Å². The third kappa shape index (κ3) is 2.95. The number of rotatable bonds is 4. The van der Waals surface area contributed by atoms with Gasteiger partial charge in [0.1, 0.15) is 5.75 Å². The van der Waals surface area contributed by atoms with Crippen LogP contribution in [0.1, 0.15) is 12.6 Å². The van der Waals surface area contributed by atoms with Crippen LogP contribution < -0.4 is 4.74 Å². The van der Waals surface area contributed by atoms with E-state index in [4.69, 9.17) is 21.4 Å². The molecule has 4 rings (SSSR count). The molecule has 0 aliphatic carbocycles. The molecule has 4 aromatic rings. The molecular formula is C22H19ClN2O. The van der Waals surface area contributed by atoms with Gasteiger partial charge in [-0.15, -0.1) is 0 Å². The second-order valence-corrected chi connectivity index (χ2v) is 6.58. The zero-order valence-electron chi connectivity index (χ0n) is 14.7. The molecule has 2 aromatic heterocycles. The number of nitrogens with zero attached hydrogens (tertiary/aromatic N) is 2. The summed E-state index contributed by atoms with van der Waals surface area (Å²) in [6.45, 7) is 4.67. The lowest BCUT2D eigenvalue weighted by Gasteiger charge is -2.08. The molecule has 0 radical (unpaired) electrons. The number of pyridine rings is 1. The molecule has 2 heterocycles. The van der Waals surface area contributed by atoms with Crippen molar-refractivity contribution >= 4 is 17.1 Å². The summed E-state index contributed by atoms with van der Waals surface area (Å²) in [5, 5.41) is 5.49. The first-order chi connectivity index (χ1) is 12.7. The molecule has 2 aromatic carbocycles. The fourth-order valence-corrected chi connectivity index (χ4v) is 3.49. The summed E-state index contributed by atoms with van der Waals surface area (Å²) < 4.78 is 7.52. The van der Waals surface area contributed by atoms with Gasteiger partial charge >= 0.3 is 0 Å². The fraction of sp³-hybridized carbons (Fsp3) is 0.136. The Kier molecular flexibility index (Phi) is 4.39. The topological polar surface area (TPSA) is 26.5 Å². The van der Waals surface area contributed by atoms with E-state index in [1.807, 2.05) is 60.8 Å². The van der Waals surface area contributed by atoms with Gasteiger partial charge in [-0.2, -0.15) is 5.10 Å². The minimum atomic E-state index is 0.658. The molecule has 0 spiro atoms. The maximum absolute atomic E-state index is 6.45. The highest BCUT2D eigenvalue weighted by Gasteiger charge is 2.16. The van der Waals surface area contributed by atoms with Crippen LogP contribution in [0.4, 0.5) is 0 Å². The van der Waals surface area contributed by atoms with Crippen LogP contribution in [-0.2, 0) is 0 Å². The van der Waals surface area contributed by atoms with Gasteiger partial charge < -0.3 is 4.74 Å². The largest absolute Gasteiger partial charge is 0.494 e. The average Bonchev–Trinajstić information content (AvgIpc) is 2.98. The van der Waals surface area contributed by atoms with Gasteiger partial charge in [-0.25, -0.2) is 4.52 Å². The third-order valence-corrected chi connectivity index (χ3v) is 4.62. The molecule has 0 atom stereocenters. The molecule has 0 saturated heterocycles. The molecule has 0 N–H and O–H groups in total. The van der Waals surface area contributed by atoms with Crippen LogP contribution in [0.2, 0.25) is 5.02 Å². The monoisotopic (exact) mass is 362 g/mol. The summed E-state index contributed by atoms with van der Waals surface area (Å²) in [7, 11) is 0.